The Kier molecular flexibility index (Phi) is 4.90. The number of aryl methyl sites for hydroxylation is 2. The van der Waals surface area contributed by atoms with Crippen LogP contribution in [0.4, 0.5) is 5.69 Å². The number of benzene rings is 1. The Morgan fingerprint density at radius 2 is 2.04 bits per heavy atom. The third kappa shape index (κ3) is 3.67. The van der Waals surface area contributed by atoms with Crippen LogP contribution in [-0.4, -0.2) is 46.0 Å². The van der Waals surface area contributed by atoms with E-state index in [9.17, 15) is 9.59 Å². The Balaban J connectivity index is 1.83. The van der Waals surface area contributed by atoms with Crippen LogP contribution in [0.2, 0.25) is 0 Å². The molecular weight excluding hydrogens is 330 g/mol. The van der Waals surface area contributed by atoms with E-state index >= 15 is 0 Å². The fourth-order valence-electron chi connectivity index (χ4n) is 2.96. The lowest BCUT2D eigenvalue weighted by Crippen LogP contribution is -2.25. The van der Waals surface area contributed by atoms with E-state index in [1.54, 1.807) is 26.2 Å². The first kappa shape index (κ1) is 17.9. The van der Waals surface area contributed by atoms with Crippen molar-refractivity contribution in [1.82, 2.24) is 19.4 Å². The van der Waals surface area contributed by atoms with Gasteiger partial charge < -0.3 is 19.8 Å². The summed E-state index contributed by atoms with van der Waals surface area (Å²) in [6.07, 6.45) is 1.80. The molecule has 2 heterocycles. The number of aromatic amines is 1. The molecule has 2 N–H and O–H groups in total. The second-order valence-corrected chi connectivity index (χ2v) is 6.74. The van der Waals surface area contributed by atoms with E-state index in [0.717, 1.165) is 29.8 Å². The summed E-state index contributed by atoms with van der Waals surface area (Å²) in [4.78, 5) is 33.8. The number of rotatable bonds is 5. The number of carbonyl (C=O) groups is 1. The van der Waals surface area contributed by atoms with Crippen LogP contribution in [0.25, 0.3) is 11.0 Å². The van der Waals surface area contributed by atoms with Crippen LogP contribution in [0, 0.1) is 13.8 Å². The highest BCUT2D eigenvalue weighted by atomic mass is 16.2. The lowest BCUT2D eigenvalue weighted by atomic mass is 10.1. The fraction of sp³-hybridized carbons (Fsp3) is 0.316. The molecule has 0 spiro atoms. The van der Waals surface area contributed by atoms with Gasteiger partial charge in [0.2, 0.25) is 0 Å². The topological polar surface area (TPSA) is 83.0 Å². The van der Waals surface area contributed by atoms with Gasteiger partial charge in [-0.2, -0.15) is 0 Å². The third-order valence-corrected chi connectivity index (χ3v) is 4.26. The predicted octanol–water partition coefficient (Wildman–Crippen LogP) is 2.16. The van der Waals surface area contributed by atoms with Crippen molar-refractivity contribution in [3.05, 3.63) is 57.8 Å². The fourth-order valence-corrected chi connectivity index (χ4v) is 2.96. The van der Waals surface area contributed by atoms with Crippen LogP contribution < -0.4 is 10.9 Å². The van der Waals surface area contributed by atoms with Gasteiger partial charge in [0.15, 0.2) is 0 Å². The first-order chi connectivity index (χ1) is 12.3. The van der Waals surface area contributed by atoms with E-state index in [0.29, 0.717) is 11.3 Å². The van der Waals surface area contributed by atoms with Crippen molar-refractivity contribution in [3.63, 3.8) is 0 Å². The molecule has 1 aromatic carbocycles. The Labute approximate surface area is 151 Å². The molecule has 0 radical (unpaired) electrons. The Hall–Kier alpha value is -2.93. The zero-order valence-corrected chi connectivity index (χ0v) is 15.5. The van der Waals surface area contributed by atoms with Gasteiger partial charge in [-0.15, -0.1) is 0 Å². The van der Waals surface area contributed by atoms with Gasteiger partial charge in [-0.25, -0.2) is 4.98 Å². The Morgan fingerprint density at radius 3 is 2.73 bits per heavy atom. The number of anilines is 1. The largest absolute Gasteiger partial charge is 0.329 e. The van der Waals surface area contributed by atoms with Gasteiger partial charge in [0.25, 0.3) is 11.5 Å². The van der Waals surface area contributed by atoms with E-state index in [-0.39, 0.29) is 11.1 Å². The van der Waals surface area contributed by atoms with Crippen molar-refractivity contribution in [2.75, 3.05) is 26.0 Å². The van der Waals surface area contributed by atoms with Crippen molar-refractivity contribution in [3.8, 4) is 0 Å². The van der Waals surface area contributed by atoms with Crippen molar-refractivity contribution in [1.29, 1.82) is 0 Å². The standard InChI is InChI=1S/C19H23N5O2/c1-12-9-13(2)21-18(25)17(12)19(26)22-14-5-6-16-15(10-14)20-11-24(16)8-7-23(3)4/h5-6,9-11H,7-8H2,1-4H3,(H,21,25)(H,22,26). The zero-order valence-electron chi connectivity index (χ0n) is 15.5. The molecule has 0 saturated carbocycles. The molecule has 26 heavy (non-hydrogen) atoms. The molecule has 3 rings (SSSR count). The van der Waals surface area contributed by atoms with E-state index in [1.165, 1.54) is 0 Å². The molecule has 1 amide bonds. The number of aromatic nitrogens is 3. The summed E-state index contributed by atoms with van der Waals surface area (Å²) in [6, 6.07) is 7.36. The maximum atomic E-state index is 12.5. The van der Waals surface area contributed by atoms with Crippen molar-refractivity contribution >= 4 is 22.6 Å². The number of nitrogens with zero attached hydrogens (tertiary/aromatic N) is 3. The Morgan fingerprint density at radius 1 is 1.27 bits per heavy atom. The molecular formula is C19H23N5O2. The summed E-state index contributed by atoms with van der Waals surface area (Å²) in [7, 11) is 4.06. The quantitative estimate of drug-likeness (QED) is 0.736. The normalized spacial score (nSPS) is 11.3. The van der Waals surface area contributed by atoms with Gasteiger partial charge in [0.1, 0.15) is 5.56 Å². The first-order valence-corrected chi connectivity index (χ1v) is 8.46. The number of fused-ring (bicyclic) bond motifs is 1. The summed E-state index contributed by atoms with van der Waals surface area (Å²) in [5.41, 5.74) is 3.55. The molecule has 0 atom stereocenters. The highest BCUT2D eigenvalue weighted by Crippen LogP contribution is 2.19. The van der Waals surface area contributed by atoms with Crippen LogP contribution in [0.3, 0.4) is 0 Å². The average molecular weight is 353 g/mol. The molecule has 3 aromatic rings. The maximum Gasteiger partial charge on any atom is 0.261 e. The van der Waals surface area contributed by atoms with E-state index in [2.05, 4.69) is 24.8 Å². The lowest BCUT2D eigenvalue weighted by molar-refractivity contribution is 0.102. The number of nitrogens with one attached hydrogen (secondary N) is 2. The number of likely N-dealkylation sites (N-methyl/N-ethyl adjacent to an activating group) is 1. The number of amides is 1. The molecule has 0 unspecified atom stereocenters. The minimum absolute atomic E-state index is 0.132. The zero-order chi connectivity index (χ0) is 18.8. The first-order valence-electron chi connectivity index (χ1n) is 8.46. The van der Waals surface area contributed by atoms with Crippen LogP contribution in [0.5, 0.6) is 0 Å². The van der Waals surface area contributed by atoms with E-state index in [4.69, 9.17) is 0 Å². The van der Waals surface area contributed by atoms with Crippen LogP contribution >= 0.6 is 0 Å². The predicted molar refractivity (Wildman–Crippen MR) is 103 cm³/mol. The molecule has 136 valence electrons. The van der Waals surface area contributed by atoms with Crippen molar-refractivity contribution in [2.24, 2.45) is 0 Å². The summed E-state index contributed by atoms with van der Waals surface area (Å²) < 4.78 is 2.08. The monoisotopic (exact) mass is 353 g/mol. The van der Waals surface area contributed by atoms with Crippen molar-refractivity contribution in [2.45, 2.75) is 20.4 Å². The number of imidazole rings is 1. The van der Waals surface area contributed by atoms with Gasteiger partial charge in [0, 0.05) is 24.5 Å². The van der Waals surface area contributed by atoms with Gasteiger partial charge in [0.05, 0.1) is 17.4 Å². The van der Waals surface area contributed by atoms with Crippen LogP contribution in [0.1, 0.15) is 21.6 Å². The Bertz CT molecular complexity index is 1020. The van der Waals surface area contributed by atoms with Crippen LogP contribution in [0.15, 0.2) is 35.4 Å². The molecule has 0 aliphatic rings. The SMILES string of the molecule is Cc1cc(C)c(C(=O)Nc2ccc3c(c2)ncn3CCN(C)C)c(=O)[nH]1. The summed E-state index contributed by atoms with van der Waals surface area (Å²) in [6.45, 7) is 5.30. The highest BCUT2D eigenvalue weighted by Gasteiger charge is 2.15. The van der Waals surface area contributed by atoms with Crippen molar-refractivity contribution < 1.29 is 4.79 Å². The van der Waals surface area contributed by atoms with Gasteiger partial charge in [-0.1, -0.05) is 0 Å². The molecule has 0 bridgehead atoms. The molecule has 2 aromatic heterocycles. The minimum Gasteiger partial charge on any atom is -0.329 e. The lowest BCUT2D eigenvalue weighted by Gasteiger charge is -2.11. The molecule has 7 heteroatoms. The molecule has 0 fully saturated rings. The molecule has 0 aliphatic heterocycles. The molecule has 0 aliphatic carbocycles. The average Bonchev–Trinajstić information content (AvgIpc) is 2.94. The second kappa shape index (κ2) is 7.13. The molecule has 7 nitrogen and oxygen atoms in total. The number of pyridine rings is 1. The van der Waals surface area contributed by atoms with Gasteiger partial charge >= 0.3 is 0 Å². The minimum atomic E-state index is -0.421. The highest BCUT2D eigenvalue weighted by molar-refractivity contribution is 6.05. The summed E-state index contributed by atoms with van der Waals surface area (Å²) in [5.74, 6) is -0.421. The third-order valence-electron chi connectivity index (χ3n) is 4.26. The smallest absolute Gasteiger partial charge is 0.261 e. The van der Waals surface area contributed by atoms with Gasteiger partial charge in [-0.3, -0.25) is 9.59 Å². The number of carbonyl (C=O) groups excluding carboxylic acids is 1. The van der Waals surface area contributed by atoms with Crippen LogP contribution in [-0.2, 0) is 6.54 Å². The second-order valence-electron chi connectivity index (χ2n) is 6.74. The van der Waals surface area contributed by atoms with E-state index < -0.39 is 5.91 Å². The molecule has 0 saturated heterocycles. The summed E-state index contributed by atoms with van der Waals surface area (Å²) >= 11 is 0. The van der Waals surface area contributed by atoms with Gasteiger partial charge in [-0.05, 0) is 57.8 Å². The summed E-state index contributed by atoms with van der Waals surface area (Å²) in [5, 5.41) is 2.79. The maximum absolute atomic E-state index is 12.5. The number of hydrogen-bond acceptors (Lipinski definition) is 4. The van der Waals surface area contributed by atoms with E-state index in [1.807, 2.05) is 32.3 Å². The number of hydrogen-bond donors (Lipinski definition) is 2. The number of H-pyrrole nitrogens is 1.